The minimum Gasteiger partial charge on any atom is -0.508 e. The third-order valence-electron chi connectivity index (χ3n) is 5.55. The lowest BCUT2D eigenvalue weighted by Crippen LogP contribution is -2.45. The molecule has 2 aliphatic rings. The molecule has 0 saturated carbocycles. The van der Waals surface area contributed by atoms with Gasteiger partial charge in [-0.3, -0.25) is 4.79 Å². The average molecular weight is 373 g/mol. The van der Waals surface area contributed by atoms with Gasteiger partial charge in [0.15, 0.2) is 5.96 Å². The molecule has 0 aromatic heterocycles. The fourth-order valence-corrected chi connectivity index (χ4v) is 4.07. The number of phenols is 1. The van der Waals surface area contributed by atoms with Crippen LogP contribution in [0.3, 0.4) is 0 Å². The Hall–Kier alpha value is -2.24. The molecule has 3 N–H and O–H groups in total. The van der Waals surface area contributed by atoms with Gasteiger partial charge in [0.05, 0.1) is 6.54 Å². The summed E-state index contributed by atoms with van der Waals surface area (Å²) in [5.41, 5.74) is 3.59. The van der Waals surface area contributed by atoms with Crippen LogP contribution in [0.1, 0.15) is 56.2 Å². The van der Waals surface area contributed by atoms with Crippen LogP contribution in [0.15, 0.2) is 17.1 Å². The van der Waals surface area contributed by atoms with Crippen molar-refractivity contribution in [3.05, 3.63) is 28.8 Å². The topological polar surface area (TPSA) is 77.0 Å². The molecular weight excluding hydrogens is 340 g/mol. The molecule has 27 heavy (non-hydrogen) atoms. The lowest BCUT2D eigenvalue weighted by atomic mass is 9.88. The van der Waals surface area contributed by atoms with Crippen LogP contribution in [0.4, 0.5) is 0 Å². The van der Waals surface area contributed by atoms with E-state index >= 15 is 0 Å². The summed E-state index contributed by atoms with van der Waals surface area (Å²) in [6, 6.07) is 4.08. The van der Waals surface area contributed by atoms with E-state index in [1.54, 1.807) is 6.07 Å². The Labute approximate surface area is 162 Å². The van der Waals surface area contributed by atoms with Crippen molar-refractivity contribution in [1.82, 2.24) is 15.5 Å². The number of likely N-dealkylation sites (tertiary alicyclic amines) is 1. The molecule has 3 rings (SSSR count). The van der Waals surface area contributed by atoms with Crippen LogP contribution in [0, 0.1) is 0 Å². The highest BCUT2D eigenvalue weighted by Gasteiger charge is 2.26. The third-order valence-corrected chi connectivity index (χ3v) is 5.55. The first-order chi connectivity index (χ1) is 13.1. The zero-order chi connectivity index (χ0) is 19.2. The number of fused-ring (bicyclic) bond motifs is 1. The summed E-state index contributed by atoms with van der Waals surface area (Å²) in [6.07, 6.45) is 6.00. The van der Waals surface area contributed by atoms with Crippen molar-refractivity contribution >= 4 is 11.9 Å². The molecule has 6 heteroatoms. The zero-order valence-corrected chi connectivity index (χ0v) is 16.6. The molecule has 1 aromatic carbocycles. The summed E-state index contributed by atoms with van der Waals surface area (Å²) in [6.45, 7) is 6.71. The number of rotatable bonds is 5. The van der Waals surface area contributed by atoms with Gasteiger partial charge in [-0.1, -0.05) is 13.0 Å². The fourth-order valence-electron chi connectivity index (χ4n) is 4.07. The number of carbonyl (C=O) groups excluding carboxylic acids is 1. The number of carbonyl (C=O) groups is 1. The van der Waals surface area contributed by atoms with E-state index in [1.807, 2.05) is 18.7 Å². The molecule has 1 unspecified atom stereocenters. The van der Waals surface area contributed by atoms with E-state index in [0.717, 1.165) is 50.4 Å². The maximum absolute atomic E-state index is 11.9. The van der Waals surface area contributed by atoms with Gasteiger partial charge in [0.25, 0.3) is 0 Å². The minimum absolute atomic E-state index is 0.210. The number of aryl methyl sites for hydroxylation is 1. The second-order valence-corrected chi connectivity index (χ2v) is 7.43. The lowest BCUT2D eigenvalue weighted by Gasteiger charge is -2.21. The molecule has 0 spiro atoms. The van der Waals surface area contributed by atoms with E-state index in [9.17, 15) is 9.90 Å². The minimum atomic E-state index is 0.210. The van der Waals surface area contributed by atoms with Gasteiger partial charge in [-0.05, 0) is 56.2 Å². The number of benzene rings is 1. The predicted octanol–water partition coefficient (Wildman–Crippen LogP) is 2.34. The molecule has 1 aliphatic carbocycles. The first kappa shape index (κ1) is 19.5. The largest absolute Gasteiger partial charge is 0.508 e. The van der Waals surface area contributed by atoms with Crippen molar-refractivity contribution in [1.29, 1.82) is 0 Å². The molecule has 1 aromatic rings. The first-order valence-electron chi connectivity index (χ1n) is 10.3. The Morgan fingerprint density at radius 1 is 1.30 bits per heavy atom. The van der Waals surface area contributed by atoms with E-state index in [-0.39, 0.29) is 11.9 Å². The zero-order valence-electron chi connectivity index (χ0n) is 16.6. The van der Waals surface area contributed by atoms with Crippen LogP contribution in [0.2, 0.25) is 0 Å². The van der Waals surface area contributed by atoms with Crippen molar-refractivity contribution in [2.45, 2.75) is 65.0 Å². The van der Waals surface area contributed by atoms with Gasteiger partial charge < -0.3 is 20.6 Å². The summed E-state index contributed by atoms with van der Waals surface area (Å²) >= 11 is 0. The second-order valence-electron chi connectivity index (χ2n) is 7.43. The van der Waals surface area contributed by atoms with Crippen LogP contribution in [-0.4, -0.2) is 47.5 Å². The lowest BCUT2D eigenvalue weighted by molar-refractivity contribution is -0.129. The molecule has 1 atom stereocenters. The van der Waals surface area contributed by atoms with Crippen molar-refractivity contribution in [2.75, 3.05) is 19.6 Å². The van der Waals surface area contributed by atoms with Crippen molar-refractivity contribution in [2.24, 2.45) is 4.99 Å². The van der Waals surface area contributed by atoms with Gasteiger partial charge in [-0.15, -0.1) is 0 Å². The highest BCUT2D eigenvalue weighted by Crippen LogP contribution is 2.31. The van der Waals surface area contributed by atoms with Gasteiger partial charge in [-0.25, -0.2) is 4.99 Å². The van der Waals surface area contributed by atoms with E-state index in [4.69, 9.17) is 4.99 Å². The summed E-state index contributed by atoms with van der Waals surface area (Å²) in [7, 11) is 0. The number of aromatic hydroxyl groups is 1. The molecule has 1 heterocycles. The van der Waals surface area contributed by atoms with E-state index < -0.39 is 0 Å². The van der Waals surface area contributed by atoms with Crippen molar-refractivity contribution in [3.8, 4) is 5.75 Å². The van der Waals surface area contributed by atoms with Crippen molar-refractivity contribution in [3.63, 3.8) is 0 Å². The normalized spacial score (nSPS) is 19.7. The number of amides is 1. The maximum Gasteiger partial charge on any atom is 0.222 e. The maximum atomic E-state index is 11.9. The number of hydrogen-bond acceptors (Lipinski definition) is 3. The molecule has 0 bridgehead atoms. The van der Waals surface area contributed by atoms with E-state index in [0.29, 0.717) is 18.7 Å². The molecule has 1 amide bonds. The molecule has 148 valence electrons. The van der Waals surface area contributed by atoms with Gasteiger partial charge in [0.1, 0.15) is 5.75 Å². The van der Waals surface area contributed by atoms with Crippen LogP contribution in [0.25, 0.3) is 0 Å². The number of phenolic OH excluding ortho intramolecular Hbond substituents is 1. The summed E-state index contributed by atoms with van der Waals surface area (Å²) in [5.74, 6) is 1.30. The molecule has 6 nitrogen and oxygen atoms in total. The average Bonchev–Trinajstić information content (AvgIpc) is 3.15. The second kappa shape index (κ2) is 9.11. The van der Waals surface area contributed by atoms with Crippen LogP contribution in [0.5, 0.6) is 5.75 Å². The number of nitrogens with one attached hydrogen (secondary N) is 2. The van der Waals surface area contributed by atoms with Crippen LogP contribution < -0.4 is 10.6 Å². The van der Waals surface area contributed by atoms with Gasteiger partial charge in [0.2, 0.25) is 5.91 Å². The number of hydrogen-bond donors (Lipinski definition) is 3. The van der Waals surface area contributed by atoms with Gasteiger partial charge in [0, 0.05) is 37.7 Å². The molecule has 0 radical (unpaired) electrons. The van der Waals surface area contributed by atoms with Gasteiger partial charge in [-0.2, -0.15) is 0 Å². The predicted molar refractivity (Wildman–Crippen MR) is 108 cm³/mol. The van der Waals surface area contributed by atoms with E-state index in [2.05, 4.69) is 16.7 Å². The Morgan fingerprint density at radius 2 is 2.11 bits per heavy atom. The highest BCUT2D eigenvalue weighted by atomic mass is 16.3. The first-order valence-corrected chi connectivity index (χ1v) is 10.3. The third kappa shape index (κ3) is 4.73. The Morgan fingerprint density at radius 3 is 2.89 bits per heavy atom. The smallest absolute Gasteiger partial charge is 0.222 e. The van der Waals surface area contributed by atoms with Gasteiger partial charge >= 0.3 is 0 Å². The summed E-state index contributed by atoms with van der Waals surface area (Å²) in [4.78, 5) is 18.5. The fraction of sp³-hybridized carbons (Fsp3) is 0.619. The van der Waals surface area contributed by atoms with Crippen molar-refractivity contribution < 1.29 is 9.90 Å². The number of nitrogens with zero attached hydrogens (tertiary/aromatic N) is 2. The monoisotopic (exact) mass is 372 g/mol. The quantitative estimate of drug-likeness (QED) is 0.548. The molecular formula is C21H32N4O2. The Bertz CT molecular complexity index is 702. The van der Waals surface area contributed by atoms with Crippen LogP contribution >= 0.6 is 0 Å². The Balaban J connectivity index is 1.69. The highest BCUT2D eigenvalue weighted by molar-refractivity contribution is 5.80. The van der Waals surface area contributed by atoms with E-state index in [1.165, 1.54) is 24.0 Å². The number of aliphatic imine (C=N–C) groups is 1. The standard InChI is InChI=1S/C21H32N4O2/c1-3-20(27)25-12-11-16(14-25)24-21(22-4-2)23-13-18-17-8-6-5-7-15(17)9-10-19(18)26/h9-10,16,26H,3-8,11-14H2,1-2H3,(H2,22,23,24). The summed E-state index contributed by atoms with van der Waals surface area (Å²) < 4.78 is 0. The molecule has 1 fully saturated rings. The molecule has 1 aliphatic heterocycles. The molecule has 1 saturated heterocycles. The number of guanidine groups is 1. The Kier molecular flexibility index (Phi) is 6.58. The SMILES string of the molecule is CCNC(=NCc1c(O)ccc2c1CCCC2)NC1CCN(C(=O)CC)C1. The van der Waals surface area contributed by atoms with Crippen LogP contribution in [-0.2, 0) is 24.2 Å². The summed E-state index contributed by atoms with van der Waals surface area (Å²) in [5, 5.41) is 17.1.